The first-order chi connectivity index (χ1) is 15.6. The van der Waals surface area contributed by atoms with Crippen LogP contribution in [0.3, 0.4) is 0 Å². The van der Waals surface area contributed by atoms with Gasteiger partial charge in [-0.1, -0.05) is 24.3 Å². The zero-order valence-corrected chi connectivity index (χ0v) is 18.3. The zero-order chi connectivity index (χ0) is 22.1. The summed E-state index contributed by atoms with van der Waals surface area (Å²) in [5, 5.41) is 4.31. The predicted octanol–water partition coefficient (Wildman–Crippen LogP) is 4.62. The van der Waals surface area contributed by atoms with E-state index in [9.17, 15) is 4.79 Å². The van der Waals surface area contributed by atoms with Crippen LogP contribution in [0.4, 0.5) is 11.8 Å². The van der Waals surface area contributed by atoms with Crippen molar-refractivity contribution in [3.63, 3.8) is 0 Å². The highest BCUT2D eigenvalue weighted by atomic mass is 16.2. The second kappa shape index (κ2) is 8.42. The Kier molecular flexibility index (Phi) is 5.31. The van der Waals surface area contributed by atoms with Gasteiger partial charge in [0.15, 0.2) is 0 Å². The lowest BCUT2D eigenvalue weighted by molar-refractivity contribution is -0.131. The number of anilines is 2. The Morgan fingerprint density at radius 2 is 1.91 bits per heavy atom. The molecule has 1 aliphatic heterocycles. The summed E-state index contributed by atoms with van der Waals surface area (Å²) in [5.41, 5.74) is 4.79. The van der Waals surface area contributed by atoms with Crippen LogP contribution in [0, 0.1) is 13.8 Å². The zero-order valence-electron chi connectivity index (χ0n) is 18.3. The van der Waals surface area contributed by atoms with Crippen LogP contribution in [0.25, 0.3) is 10.9 Å². The normalized spacial score (nSPS) is 15.9. The molecule has 7 heteroatoms. The number of carbonyl (C=O) groups is 1. The number of aryl methyl sites for hydroxylation is 2. The monoisotopic (exact) mass is 426 g/mol. The number of fused-ring (bicyclic) bond motifs is 1. The van der Waals surface area contributed by atoms with Gasteiger partial charge in [0.1, 0.15) is 5.82 Å². The van der Waals surface area contributed by atoms with Crippen LogP contribution >= 0.6 is 0 Å². The van der Waals surface area contributed by atoms with Crippen molar-refractivity contribution in [2.24, 2.45) is 0 Å². The van der Waals surface area contributed by atoms with Gasteiger partial charge in [-0.3, -0.25) is 4.79 Å². The van der Waals surface area contributed by atoms with Crippen molar-refractivity contribution in [2.45, 2.75) is 39.2 Å². The molecule has 1 unspecified atom stereocenters. The SMILES string of the molecule is Cc1cc(C)nc(Nc2cccc(C3CCCN3C(=O)Cc3c[nH]c4ccccc34)n2)n1. The average Bonchev–Trinajstić information content (AvgIpc) is 3.41. The lowest BCUT2D eigenvalue weighted by atomic mass is 10.1. The van der Waals surface area contributed by atoms with E-state index in [4.69, 9.17) is 4.98 Å². The van der Waals surface area contributed by atoms with Crippen molar-refractivity contribution < 1.29 is 4.79 Å². The number of pyridine rings is 1. The fraction of sp³-hybridized carbons (Fsp3) is 0.280. The maximum absolute atomic E-state index is 13.2. The Morgan fingerprint density at radius 3 is 2.75 bits per heavy atom. The first kappa shape index (κ1) is 20.2. The van der Waals surface area contributed by atoms with E-state index in [2.05, 4.69) is 26.3 Å². The molecule has 32 heavy (non-hydrogen) atoms. The van der Waals surface area contributed by atoms with E-state index in [0.29, 0.717) is 18.2 Å². The summed E-state index contributed by atoms with van der Waals surface area (Å²) in [6.07, 6.45) is 4.22. The number of para-hydroxylation sites is 1. The topological polar surface area (TPSA) is 86.8 Å². The molecule has 0 aliphatic carbocycles. The van der Waals surface area contributed by atoms with Gasteiger partial charge >= 0.3 is 0 Å². The summed E-state index contributed by atoms with van der Waals surface area (Å²) in [4.78, 5) is 32.1. The molecule has 5 rings (SSSR count). The molecular formula is C25H26N6O. The molecule has 2 N–H and O–H groups in total. The molecule has 162 valence electrons. The van der Waals surface area contributed by atoms with Crippen LogP contribution in [-0.4, -0.2) is 37.3 Å². The van der Waals surface area contributed by atoms with Crippen molar-refractivity contribution in [3.05, 3.63) is 77.4 Å². The highest BCUT2D eigenvalue weighted by molar-refractivity contribution is 5.89. The van der Waals surface area contributed by atoms with E-state index in [1.807, 2.05) is 67.4 Å². The number of benzene rings is 1. The Morgan fingerprint density at radius 1 is 1.09 bits per heavy atom. The largest absolute Gasteiger partial charge is 0.361 e. The summed E-state index contributed by atoms with van der Waals surface area (Å²) in [5.74, 6) is 1.35. The molecule has 0 saturated carbocycles. The summed E-state index contributed by atoms with van der Waals surface area (Å²) in [7, 11) is 0. The quantitative estimate of drug-likeness (QED) is 0.486. The number of hydrogen-bond acceptors (Lipinski definition) is 5. The van der Waals surface area contributed by atoms with Gasteiger partial charge in [-0.15, -0.1) is 0 Å². The maximum atomic E-state index is 13.2. The third-order valence-electron chi connectivity index (χ3n) is 5.92. The number of nitrogens with zero attached hydrogens (tertiary/aromatic N) is 4. The van der Waals surface area contributed by atoms with Gasteiger partial charge in [0, 0.05) is 35.0 Å². The predicted molar refractivity (Wildman–Crippen MR) is 125 cm³/mol. The molecule has 7 nitrogen and oxygen atoms in total. The van der Waals surface area contributed by atoms with Crippen LogP contribution in [0.2, 0.25) is 0 Å². The Labute approximate surface area is 186 Å². The molecule has 1 aliphatic rings. The Bertz CT molecular complexity index is 1260. The van der Waals surface area contributed by atoms with E-state index < -0.39 is 0 Å². The first-order valence-electron chi connectivity index (χ1n) is 11.0. The number of carbonyl (C=O) groups excluding carboxylic acids is 1. The Hall–Kier alpha value is -3.74. The third-order valence-corrected chi connectivity index (χ3v) is 5.92. The minimum absolute atomic E-state index is 0.0189. The molecule has 4 aromatic rings. The second-order valence-corrected chi connectivity index (χ2v) is 8.33. The van der Waals surface area contributed by atoms with Gasteiger partial charge in [-0.25, -0.2) is 15.0 Å². The molecule has 0 spiro atoms. The van der Waals surface area contributed by atoms with E-state index >= 15 is 0 Å². The van der Waals surface area contributed by atoms with Crippen LogP contribution in [0.15, 0.2) is 54.7 Å². The number of aromatic nitrogens is 4. The molecular weight excluding hydrogens is 400 g/mol. The van der Waals surface area contributed by atoms with Crippen LogP contribution < -0.4 is 5.32 Å². The van der Waals surface area contributed by atoms with Crippen molar-refractivity contribution in [2.75, 3.05) is 11.9 Å². The van der Waals surface area contributed by atoms with Crippen molar-refractivity contribution in [1.29, 1.82) is 0 Å². The number of nitrogens with one attached hydrogen (secondary N) is 2. The smallest absolute Gasteiger partial charge is 0.228 e. The van der Waals surface area contributed by atoms with Gasteiger partial charge in [-0.2, -0.15) is 0 Å². The maximum Gasteiger partial charge on any atom is 0.228 e. The molecule has 0 bridgehead atoms. The summed E-state index contributed by atoms with van der Waals surface area (Å²) in [6.45, 7) is 4.64. The lowest BCUT2D eigenvalue weighted by Crippen LogP contribution is -2.32. The standard InChI is InChI=1S/C25H26N6O/c1-16-13-17(2)28-25(27-16)30-23-11-5-9-21(29-23)22-10-6-12-31(22)24(32)14-18-15-26-20-8-4-3-7-19(18)20/h3-5,7-9,11,13,15,22,26H,6,10,12,14H2,1-2H3,(H,27,28,29,30). The molecule has 1 amide bonds. The molecule has 3 aromatic heterocycles. The fourth-order valence-electron chi connectivity index (χ4n) is 4.52. The van der Waals surface area contributed by atoms with Gasteiger partial charge in [0.2, 0.25) is 11.9 Å². The van der Waals surface area contributed by atoms with E-state index in [1.54, 1.807) is 0 Å². The first-order valence-corrected chi connectivity index (χ1v) is 11.0. The molecule has 1 aromatic carbocycles. The Balaban J connectivity index is 1.35. The van der Waals surface area contributed by atoms with Crippen LogP contribution in [-0.2, 0) is 11.2 Å². The van der Waals surface area contributed by atoms with Gasteiger partial charge < -0.3 is 15.2 Å². The fourth-order valence-corrected chi connectivity index (χ4v) is 4.52. The summed E-state index contributed by atoms with van der Waals surface area (Å²) in [6, 6.07) is 15.9. The van der Waals surface area contributed by atoms with E-state index in [-0.39, 0.29) is 11.9 Å². The van der Waals surface area contributed by atoms with E-state index in [0.717, 1.165) is 52.9 Å². The molecule has 1 saturated heterocycles. The van der Waals surface area contributed by atoms with Gasteiger partial charge in [0.05, 0.1) is 18.2 Å². The summed E-state index contributed by atoms with van der Waals surface area (Å²) < 4.78 is 0. The third kappa shape index (κ3) is 4.06. The minimum atomic E-state index is -0.0189. The van der Waals surface area contributed by atoms with Crippen LogP contribution in [0.1, 0.15) is 41.5 Å². The van der Waals surface area contributed by atoms with Gasteiger partial charge in [-0.05, 0) is 56.5 Å². The number of likely N-dealkylation sites (tertiary alicyclic amines) is 1. The average molecular weight is 427 g/mol. The number of amides is 1. The second-order valence-electron chi connectivity index (χ2n) is 8.33. The molecule has 0 radical (unpaired) electrons. The van der Waals surface area contributed by atoms with Gasteiger partial charge in [0.25, 0.3) is 0 Å². The molecule has 1 atom stereocenters. The number of H-pyrrole nitrogens is 1. The molecule has 4 heterocycles. The lowest BCUT2D eigenvalue weighted by Gasteiger charge is -2.24. The van der Waals surface area contributed by atoms with Crippen molar-refractivity contribution in [1.82, 2.24) is 24.8 Å². The number of hydrogen-bond donors (Lipinski definition) is 2. The number of rotatable bonds is 5. The van der Waals surface area contributed by atoms with Crippen molar-refractivity contribution >= 4 is 28.6 Å². The highest BCUT2D eigenvalue weighted by Gasteiger charge is 2.31. The molecule has 1 fully saturated rings. The van der Waals surface area contributed by atoms with Crippen molar-refractivity contribution in [3.8, 4) is 0 Å². The summed E-state index contributed by atoms with van der Waals surface area (Å²) >= 11 is 0. The van der Waals surface area contributed by atoms with E-state index in [1.165, 1.54) is 0 Å². The highest BCUT2D eigenvalue weighted by Crippen LogP contribution is 2.32. The minimum Gasteiger partial charge on any atom is -0.361 e. The number of aromatic amines is 1. The van der Waals surface area contributed by atoms with Crippen LogP contribution in [0.5, 0.6) is 0 Å².